The minimum absolute atomic E-state index is 0.203. The molecular weight excluding hydrogens is 633 g/mol. The summed E-state index contributed by atoms with van der Waals surface area (Å²) in [6.45, 7) is 41.8. The van der Waals surface area contributed by atoms with Crippen molar-refractivity contribution in [1.82, 2.24) is 10.6 Å². The minimum Gasteiger partial charge on any atom is -0.379 e. The van der Waals surface area contributed by atoms with E-state index >= 15 is 0 Å². The predicted molar refractivity (Wildman–Crippen MR) is 219 cm³/mol. The molecule has 0 saturated carbocycles. The number of thiocarbonyl (C=S) groups is 1. The molecule has 1 amide bonds. The van der Waals surface area contributed by atoms with Crippen LogP contribution in [0.15, 0.2) is 0 Å². The van der Waals surface area contributed by atoms with Crippen molar-refractivity contribution >= 4 is 23.1 Å². The largest absolute Gasteiger partial charge is 0.379 e. The Morgan fingerprint density at radius 1 is 0.490 bits per heavy atom. The van der Waals surface area contributed by atoms with Crippen molar-refractivity contribution in [3.8, 4) is 0 Å². The molecule has 7 nitrogen and oxygen atoms in total. The molecule has 0 unspecified atom stereocenters. The van der Waals surface area contributed by atoms with Crippen LogP contribution in [-0.2, 0) is 23.7 Å². The maximum Gasteiger partial charge on any atom is 0.220 e. The summed E-state index contributed by atoms with van der Waals surface area (Å²) < 4.78 is 21.5. The Morgan fingerprint density at radius 2 is 0.898 bits per heavy atom. The van der Waals surface area contributed by atoms with Crippen LogP contribution in [0, 0.1) is 41.4 Å². The van der Waals surface area contributed by atoms with Crippen LogP contribution >= 0.6 is 12.2 Å². The Kier molecular flexibility index (Phi) is 44.8. The average Bonchev–Trinajstić information content (AvgIpc) is 2.97. The number of hydrogen-bond acceptors (Lipinski definition) is 6. The van der Waals surface area contributed by atoms with E-state index in [2.05, 4.69) is 108 Å². The first-order valence-corrected chi connectivity index (χ1v) is 20.1. The van der Waals surface area contributed by atoms with Gasteiger partial charge in [0.25, 0.3) is 0 Å². The molecule has 0 aliphatic carbocycles. The van der Waals surface area contributed by atoms with Crippen LogP contribution in [0.3, 0.4) is 0 Å². The van der Waals surface area contributed by atoms with Gasteiger partial charge in [-0.25, -0.2) is 0 Å². The molecule has 0 fully saturated rings. The third-order valence-corrected chi connectivity index (χ3v) is 7.33. The molecule has 49 heavy (non-hydrogen) atoms. The molecule has 2 N–H and O–H groups in total. The van der Waals surface area contributed by atoms with Crippen LogP contribution in [0.25, 0.3) is 0 Å². The SMILES string of the molecule is CC(C)CCNC(=O)CCC(C)C.CC(C)CCNC(=S)C(C)C.CC(C)CCOCCOCCC(C)C.CC(C)COCCOC(C)C. The third kappa shape index (κ3) is 62.8. The molecule has 0 heterocycles. The fraction of sp³-hybridized carbons (Fsp3) is 0.951. The number of ether oxygens (including phenoxy) is 4. The van der Waals surface area contributed by atoms with Gasteiger partial charge in [0, 0.05) is 45.2 Å². The van der Waals surface area contributed by atoms with Gasteiger partial charge in [0.05, 0.1) is 37.5 Å². The number of hydrogen-bond donors (Lipinski definition) is 2. The van der Waals surface area contributed by atoms with E-state index in [0.29, 0.717) is 42.8 Å². The van der Waals surface area contributed by atoms with Gasteiger partial charge in [-0.1, -0.05) is 109 Å². The van der Waals surface area contributed by atoms with Crippen LogP contribution in [0.1, 0.15) is 149 Å². The Labute approximate surface area is 312 Å². The molecule has 0 aromatic carbocycles. The first-order valence-electron chi connectivity index (χ1n) is 19.7. The van der Waals surface area contributed by atoms with Crippen molar-refractivity contribution < 1.29 is 23.7 Å². The zero-order chi connectivity index (χ0) is 38.6. The van der Waals surface area contributed by atoms with E-state index in [1.54, 1.807) is 0 Å². The molecule has 298 valence electrons. The Morgan fingerprint density at radius 3 is 1.27 bits per heavy atom. The van der Waals surface area contributed by atoms with Gasteiger partial charge in [0.15, 0.2) is 0 Å². The maximum absolute atomic E-state index is 11.2. The second-order valence-corrected chi connectivity index (χ2v) is 16.5. The van der Waals surface area contributed by atoms with Crippen molar-refractivity contribution in [3.05, 3.63) is 0 Å². The number of rotatable bonds is 25. The molecule has 0 aromatic heterocycles. The minimum atomic E-state index is 0.203. The number of carbonyl (C=O) groups is 1. The first-order chi connectivity index (χ1) is 22.8. The summed E-state index contributed by atoms with van der Waals surface area (Å²) in [5.41, 5.74) is 0. The topological polar surface area (TPSA) is 78.1 Å². The summed E-state index contributed by atoms with van der Waals surface area (Å²) in [4.78, 5) is 12.2. The smallest absolute Gasteiger partial charge is 0.220 e. The lowest BCUT2D eigenvalue weighted by atomic mass is 10.1. The molecule has 0 bridgehead atoms. The average molecular weight is 721 g/mol. The summed E-state index contributed by atoms with van der Waals surface area (Å²) in [6.07, 6.45) is 6.55. The van der Waals surface area contributed by atoms with E-state index in [-0.39, 0.29) is 5.91 Å². The molecule has 0 rings (SSSR count). The molecule has 0 radical (unpaired) electrons. The highest BCUT2D eigenvalue weighted by Gasteiger charge is 2.03. The lowest BCUT2D eigenvalue weighted by Crippen LogP contribution is -2.27. The molecular formula is C41H88N2O5S. The second-order valence-electron chi connectivity index (χ2n) is 16.1. The van der Waals surface area contributed by atoms with Crippen molar-refractivity contribution in [2.45, 2.75) is 155 Å². The van der Waals surface area contributed by atoms with E-state index in [0.717, 1.165) is 101 Å². The Balaban J connectivity index is -0.000000277. The van der Waals surface area contributed by atoms with Crippen LogP contribution in [0.4, 0.5) is 0 Å². The van der Waals surface area contributed by atoms with Crippen LogP contribution in [0.5, 0.6) is 0 Å². The first kappa shape index (κ1) is 55.0. The monoisotopic (exact) mass is 721 g/mol. The molecule has 0 aliphatic heterocycles. The molecule has 0 spiro atoms. The van der Waals surface area contributed by atoms with E-state index < -0.39 is 0 Å². The van der Waals surface area contributed by atoms with Crippen molar-refractivity contribution in [2.24, 2.45) is 41.4 Å². The zero-order valence-electron chi connectivity index (χ0n) is 35.7. The Bertz CT molecular complexity index is 659. The van der Waals surface area contributed by atoms with Crippen LogP contribution in [0.2, 0.25) is 0 Å². The van der Waals surface area contributed by atoms with Crippen molar-refractivity contribution in [1.29, 1.82) is 0 Å². The second kappa shape index (κ2) is 40.0. The fourth-order valence-corrected chi connectivity index (χ4v) is 3.42. The lowest BCUT2D eigenvalue weighted by molar-refractivity contribution is -0.121. The van der Waals surface area contributed by atoms with E-state index in [4.69, 9.17) is 31.2 Å². The van der Waals surface area contributed by atoms with Gasteiger partial charge in [-0.05, 0) is 81.5 Å². The van der Waals surface area contributed by atoms with Crippen molar-refractivity contribution in [3.63, 3.8) is 0 Å². The van der Waals surface area contributed by atoms with Gasteiger partial charge in [-0.2, -0.15) is 0 Å². The van der Waals surface area contributed by atoms with Gasteiger partial charge >= 0.3 is 0 Å². The number of nitrogens with one attached hydrogen (secondary N) is 2. The fourth-order valence-electron chi connectivity index (χ4n) is 3.32. The summed E-state index contributed by atoms with van der Waals surface area (Å²) >= 11 is 5.12. The summed E-state index contributed by atoms with van der Waals surface area (Å²) in [5.74, 6) is 4.83. The van der Waals surface area contributed by atoms with E-state index in [1.807, 2.05) is 13.8 Å². The molecule has 0 atom stereocenters. The normalized spacial score (nSPS) is 11.2. The van der Waals surface area contributed by atoms with Gasteiger partial charge < -0.3 is 29.6 Å². The molecule has 0 aromatic rings. The summed E-state index contributed by atoms with van der Waals surface area (Å²) in [6, 6.07) is 0. The van der Waals surface area contributed by atoms with Gasteiger partial charge in [0.2, 0.25) is 5.91 Å². The van der Waals surface area contributed by atoms with Crippen LogP contribution < -0.4 is 10.6 Å². The van der Waals surface area contributed by atoms with Crippen LogP contribution in [-0.4, -0.2) is 76.3 Å². The van der Waals surface area contributed by atoms with E-state index in [1.165, 1.54) is 6.42 Å². The highest BCUT2D eigenvalue weighted by molar-refractivity contribution is 7.80. The third-order valence-electron chi connectivity index (χ3n) is 6.72. The standard InChI is InChI=1S/C12H26O2.C11H23NO.C9H19NS.C9H20O2/c1-11(2)5-7-13-9-10-14-8-6-12(3)4;1-9(2)5-6-11(13)12-8-7-10(3)4;1-7(2)5-6-10-9(11)8(3)4;1-8(2)7-10-5-6-11-9(3)4/h11-12H,5-10H2,1-4H3;9-10H,5-8H2,1-4H3,(H,12,13);7-8H,5-6H2,1-4H3,(H,10,11);8-9H,5-7H2,1-4H3. The predicted octanol–water partition coefficient (Wildman–Crippen LogP) is 10.4. The Hall–Kier alpha value is -0.800. The zero-order valence-corrected chi connectivity index (χ0v) is 36.5. The lowest BCUT2D eigenvalue weighted by Gasteiger charge is -2.11. The summed E-state index contributed by atoms with van der Waals surface area (Å²) in [7, 11) is 0. The maximum atomic E-state index is 11.2. The quantitative estimate of drug-likeness (QED) is 0.0718. The molecule has 0 saturated heterocycles. The highest BCUT2D eigenvalue weighted by Crippen LogP contribution is 2.04. The van der Waals surface area contributed by atoms with Gasteiger partial charge in [0.1, 0.15) is 0 Å². The molecule has 8 heteroatoms. The van der Waals surface area contributed by atoms with Gasteiger partial charge in [-0.15, -0.1) is 0 Å². The van der Waals surface area contributed by atoms with Gasteiger partial charge in [-0.3, -0.25) is 4.79 Å². The number of carbonyl (C=O) groups excluding carboxylic acids is 1. The summed E-state index contributed by atoms with van der Waals surface area (Å²) in [5, 5.41) is 6.18. The van der Waals surface area contributed by atoms with Crippen molar-refractivity contribution in [2.75, 3.05) is 59.3 Å². The highest BCUT2D eigenvalue weighted by atomic mass is 32.1. The molecule has 0 aliphatic rings. The number of amides is 1. The van der Waals surface area contributed by atoms with E-state index in [9.17, 15) is 4.79 Å².